The minimum absolute atomic E-state index is 0.0329. The van der Waals surface area contributed by atoms with E-state index in [1.807, 2.05) is 23.1 Å². The van der Waals surface area contributed by atoms with Crippen molar-refractivity contribution in [3.63, 3.8) is 0 Å². The van der Waals surface area contributed by atoms with Gasteiger partial charge in [0.1, 0.15) is 17.1 Å². The fourth-order valence-electron chi connectivity index (χ4n) is 6.00. The lowest BCUT2D eigenvalue weighted by Crippen LogP contribution is -2.38. The maximum absolute atomic E-state index is 15.2. The van der Waals surface area contributed by atoms with E-state index < -0.39 is 5.82 Å². The molecule has 1 unspecified atom stereocenters. The van der Waals surface area contributed by atoms with Gasteiger partial charge < -0.3 is 19.4 Å². The number of carbonyl (C=O) groups is 2. The van der Waals surface area contributed by atoms with Gasteiger partial charge in [-0.05, 0) is 86.0 Å². The van der Waals surface area contributed by atoms with Gasteiger partial charge >= 0.3 is 5.97 Å². The zero-order chi connectivity index (χ0) is 27.4. The maximum Gasteiger partial charge on any atom is 0.315 e. The molecule has 1 amide bonds. The van der Waals surface area contributed by atoms with Crippen molar-refractivity contribution in [2.24, 2.45) is 5.92 Å². The van der Waals surface area contributed by atoms with Crippen LogP contribution in [0.3, 0.4) is 0 Å². The lowest BCUT2D eigenvalue weighted by molar-refractivity contribution is -0.138. The Morgan fingerprint density at radius 2 is 1.93 bits per heavy atom. The van der Waals surface area contributed by atoms with Gasteiger partial charge in [0.05, 0.1) is 17.5 Å². The molecular formula is C32H30FN3O4. The van der Waals surface area contributed by atoms with Crippen molar-refractivity contribution >= 4 is 23.0 Å². The Labute approximate surface area is 231 Å². The van der Waals surface area contributed by atoms with Crippen molar-refractivity contribution in [3.05, 3.63) is 82.7 Å². The fraction of sp³-hybridized carbons (Fsp3) is 0.344. The smallest absolute Gasteiger partial charge is 0.315 e. The Kier molecular flexibility index (Phi) is 6.15. The standard InChI is InChI=1S/C32H30FN3O4/c1-18-24-5-3-2-4-19(24)11-13-36(18)31(37)22-14-26(20-6-7-20)29-28(15-22)40-30(35-29)25-9-8-23(16-27(25)33)39-32(38)21-10-12-34-17-21/h2-5,8-9,14-16,18,20-21,34H,6-7,10-13,17H2,1H3/t18-,21?/m1/s1. The van der Waals surface area contributed by atoms with Crippen LogP contribution in [0.5, 0.6) is 5.75 Å². The van der Waals surface area contributed by atoms with Crippen LogP contribution in [0.25, 0.3) is 22.6 Å². The number of amides is 1. The van der Waals surface area contributed by atoms with Crippen molar-refractivity contribution in [1.29, 1.82) is 0 Å². The number of benzene rings is 3. The van der Waals surface area contributed by atoms with E-state index in [1.165, 1.54) is 23.3 Å². The molecule has 3 aromatic carbocycles. The number of rotatable bonds is 5. The van der Waals surface area contributed by atoms with Crippen molar-refractivity contribution in [2.45, 2.75) is 44.6 Å². The molecule has 2 fully saturated rings. The quantitative estimate of drug-likeness (QED) is 0.256. The van der Waals surface area contributed by atoms with Crippen molar-refractivity contribution in [2.75, 3.05) is 19.6 Å². The van der Waals surface area contributed by atoms with Gasteiger partial charge in [-0.15, -0.1) is 0 Å². The summed E-state index contributed by atoms with van der Waals surface area (Å²) in [4.78, 5) is 32.7. The SMILES string of the molecule is C[C@@H]1c2ccccc2CCN1C(=O)c1cc(C2CC2)c2nc(-c3ccc(OC(=O)C4CCNC4)cc3F)oc2c1. The lowest BCUT2D eigenvalue weighted by Gasteiger charge is -2.35. The summed E-state index contributed by atoms with van der Waals surface area (Å²) in [5.74, 6) is -0.623. The van der Waals surface area contributed by atoms with Crippen LogP contribution in [0.4, 0.5) is 4.39 Å². The second-order valence-electron chi connectivity index (χ2n) is 11.1. The number of halogens is 1. The molecule has 0 spiro atoms. The van der Waals surface area contributed by atoms with Gasteiger partial charge in [-0.2, -0.15) is 0 Å². The third-order valence-corrected chi connectivity index (χ3v) is 8.43. The topological polar surface area (TPSA) is 84.7 Å². The molecule has 1 N–H and O–H groups in total. The highest BCUT2D eigenvalue weighted by Gasteiger charge is 2.32. The number of nitrogens with one attached hydrogen (secondary N) is 1. The van der Waals surface area contributed by atoms with Gasteiger partial charge in [0.25, 0.3) is 5.91 Å². The van der Waals surface area contributed by atoms with E-state index in [0.717, 1.165) is 31.4 Å². The molecule has 40 heavy (non-hydrogen) atoms. The number of carbonyl (C=O) groups excluding carboxylic acids is 2. The van der Waals surface area contributed by atoms with Crippen LogP contribution in [0.2, 0.25) is 0 Å². The highest BCUT2D eigenvalue weighted by Crippen LogP contribution is 2.44. The number of ether oxygens (including phenoxy) is 1. The highest BCUT2D eigenvalue weighted by molar-refractivity contribution is 5.99. The van der Waals surface area contributed by atoms with Crippen LogP contribution >= 0.6 is 0 Å². The van der Waals surface area contributed by atoms with E-state index in [2.05, 4.69) is 29.4 Å². The Morgan fingerprint density at radius 3 is 2.70 bits per heavy atom. The predicted molar refractivity (Wildman–Crippen MR) is 148 cm³/mol. The van der Waals surface area contributed by atoms with E-state index in [9.17, 15) is 9.59 Å². The normalized spacial score (nSPS) is 20.5. The van der Waals surface area contributed by atoms with Gasteiger partial charge in [-0.3, -0.25) is 9.59 Å². The molecule has 2 aliphatic heterocycles. The second kappa shape index (κ2) is 9.86. The largest absolute Gasteiger partial charge is 0.436 e. The summed E-state index contributed by atoms with van der Waals surface area (Å²) in [5.41, 5.74) is 5.30. The predicted octanol–water partition coefficient (Wildman–Crippen LogP) is 5.79. The Balaban J connectivity index is 1.19. The number of nitrogens with zero attached hydrogens (tertiary/aromatic N) is 2. The molecule has 3 aliphatic rings. The average Bonchev–Trinajstić information content (AvgIpc) is 3.47. The summed E-state index contributed by atoms with van der Waals surface area (Å²) in [6.07, 6.45) is 3.57. The zero-order valence-electron chi connectivity index (χ0n) is 22.3. The number of hydrogen-bond donors (Lipinski definition) is 1. The summed E-state index contributed by atoms with van der Waals surface area (Å²) in [6, 6.07) is 16.2. The van der Waals surface area contributed by atoms with Crippen molar-refractivity contribution < 1.29 is 23.1 Å². The van der Waals surface area contributed by atoms with Crippen LogP contribution in [0, 0.1) is 11.7 Å². The van der Waals surface area contributed by atoms with Gasteiger partial charge in [0.15, 0.2) is 5.58 Å². The molecule has 7 nitrogen and oxygen atoms in total. The molecule has 2 atom stereocenters. The molecule has 1 aliphatic carbocycles. The Hall–Kier alpha value is -4.04. The number of hydrogen-bond acceptors (Lipinski definition) is 6. The van der Waals surface area contributed by atoms with Crippen molar-refractivity contribution in [3.8, 4) is 17.2 Å². The van der Waals surface area contributed by atoms with E-state index in [1.54, 1.807) is 12.1 Å². The fourth-order valence-corrected chi connectivity index (χ4v) is 6.00. The van der Waals surface area contributed by atoms with E-state index >= 15 is 4.39 Å². The summed E-state index contributed by atoms with van der Waals surface area (Å²) in [5, 5.41) is 3.13. The molecule has 0 bridgehead atoms. The molecular weight excluding hydrogens is 509 g/mol. The molecule has 0 radical (unpaired) electrons. The third kappa shape index (κ3) is 4.46. The molecule has 204 valence electrons. The number of oxazole rings is 1. The Bertz CT molecular complexity index is 1640. The molecule has 3 heterocycles. The molecule has 4 aromatic rings. The van der Waals surface area contributed by atoms with Crippen LogP contribution in [-0.2, 0) is 11.2 Å². The molecule has 1 aromatic heterocycles. The first-order valence-electron chi connectivity index (χ1n) is 14.0. The minimum Gasteiger partial charge on any atom is -0.436 e. The molecule has 1 saturated carbocycles. The van der Waals surface area contributed by atoms with Gasteiger partial charge in [-0.25, -0.2) is 9.37 Å². The van der Waals surface area contributed by atoms with Gasteiger partial charge in [0, 0.05) is 24.7 Å². The Morgan fingerprint density at radius 1 is 1.07 bits per heavy atom. The summed E-state index contributed by atoms with van der Waals surface area (Å²) < 4.78 is 26.7. The first kappa shape index (κ1) is 25.0. The van der Waals surface area contributed by atoms with Crippen LogP contribution in [0.1, 0.15) is 65.2 Å². The molecule has 8 heteroatoms. The highest BCUT2D eigenvalue weighted by atomic mass is 19.1. The number of aromatic nitrogens is 1. The molecule has 7 rings (SSSR count). The van der Waals surface area contributed by atoms with E-state index in [0.29, 0.717) is 42.1 Å². The summed E-state index contributed by atoms with van der Waals surface area (Å²) >= 11 is 0. The first-order valence-corrected chi connectivity index (χ1v) is 14.0. The maximum atomic E-state index is 15.2. The molecule has 1 saturated heterocycles. The van der Waals surface area contributed by atoms with Gasteiger partial charge in [-0.1, -0.05) is 24.3 Å². The second-order valence-corrected chi connectivity index (χ2v) is 11.1. The first-order chi connectivity index (χ1) is 19.5. The number of fused-ring (bicyclic) bond motifs is 2. The zero-order valence-corrected chi connectivity index (χ0v) is 22.3. The minimum atomic E-state index is -0.591. The van der Waals surface area contributed by atoms with Crippen LogP contribution in [-0.4, -0.2) is 41.4 Å². The lowest BCUT2D eigenvalue weighted by atomic mass is 9.93. The number of esters is 1. The summed E-state index contributed by atoms with van der Waals surface area (Å²) in [7, 11) is 0. The average molecular weight is 540 g/mol. The van der Waals surface area contributed by atoms with Crippen LogP contribution < -0.4 is 10.1 Å². The summed E-state index contributed by atoms with van der Waals surface area (Å²) in [6.45, 7) is 4.05. The monoisotopic (exact) mass is 539 g/mol. The van der Waals surface area contributed by atoms with Gasteiger partial charge in [0.2, 0.25) is 5.89 Å². The van der Waals surface area contributed by atoms with Crippen LogP contribution in [0.15, 0.2) is 59.0 Å². The van der Waals surface area contributed by atoms with E-state index in [4.69, 9.17) is 9.15 Å². The van der Waals surface area contributed by atoms with E-state index in [-0.39, 0.29) is 41.0 Å². The third-order valence-electron chi connectivity index (χ3n) is 8.43. The van der Waals surface area contributed by atoms with Crippen molar-refractivity contribution in [1.82, 2.24) is 15.2 Å².